The fourth-order valence-corrected chi connectivity index (χ4v) is 3.19. The van der Waals surface area contributed by atoms with Crippen molar-refractivity contribution in [3.63, 3.8) is 0 Å². The molecule has 0 spiro atoms. The fraction of sp³-hybridized carbons (Fsp3) is 0.556. The number of carbonyl (C=O) groups is 2. The van der Waals surface area contributed by atoms with Crippen molar-refractivity contribution in [1.82, 2.24) is 10.2 Å². The smallest absolute Gasteiger partial charge is 0.251 e. The van der Waals surface area contributed by atoms with Crippen molar-refractivity contribution in [2.45, 2.75) is 32.1 Å². The minimum absolute atomic E-state index is 0.218. The maximum atomic E-state index is 12.3. The zero-order chi connectivity index (χ0) is 18.2. The summed E-state index contributed by atoms with van der Waals surface area (Å²) in [5.41, 5.74) is 0.411. The first-order valence-electron chi connectivity index (χ1n) is 8.54. The molecule has 0 aliphatic carbocycles. The van der Waals surface area contributed by atoms with E-state index >= 15 is 0 Å². The van der Waals surface area contributed by atoms with Crippen molar-refractivity contribution in [3.05, 3.63) is 22.7 Å². The molecule has 1 heterocycles. The number of rotatable bonds is 7. The van der Waals surface area contributed by atoms with Crippen LogP contribution < -0.4 is 14.8 Å². The Kier molecular flexibility index (Phi) is 7.37. The normalized spacial score (nSPS) is 14.8. The van der Waals surface area contributed by atoms with Gasteiger partial charge in [-0.25, -0.2) is 0 Å². The number of likely N-dealkylation sites (tertiary alicyclic amines) is 1. The first kappa shape index (κ1) is 19.4. The van der Waals surface area contributed by atoms with Crippen molar-refractivity contribution < 1.29 is 19.1 Å². The van der Waals surface area contributed by atoms with E-state index in [9.17, 15) is 9.59 Å². The van der Waals surface area contributed by atoms with E-state index in [1.54, 1.807) is 12.1 Å². The van der Waals surface area contributed by atoms with Crippen molar-refractivity contribution in [2.24, 2.45) is 0 Å². The Morgan fingerprint density at radius 2 is 2.04 bits per heavy atom. The molecule has 0 bridgehead atoms. The van der Waals surface area contributed by atoms with Crippen LogP contribution in [-0.2, 0) is 4.79 Å². The summed E-state index contributed by atoms with van der Waals surface area (Å²) in [6.07, 6.45) is 4.50. The summed E-state index contributed by atoms with van der Waals surface area (Å²) in [5, 5.41) is 3.17. The van der Waals surface area contributed by atoms with Crippen LogP contribution >= 0.6 is 11.6 Å². The highest BCUT2D eigenvalue weighted by Crippen LogP contribution is 2.35. The van der Waals surface area contributed by atoms with Gasteiger partial charge in [-0.3, -0.25) is 9.59 Å². The molecule has 1 aliphatic heterocycles. The van der Waals surface area contributed by atoms with Gasteiger partial charge in [0, 0.05) is 31.6 Å². The van der Waals surface area contributed by atoms with Crippen LogP contribution in [-0.4, -0.2) is 50.6 Å². The lowest BCUT2D eigenvalue weighted by Gasteiger charge is -2.20. The van der Waals surface area contributed by atoms with E-state index in [4.69, 9.17) is 21.1 Å². The lowest BCUT2D eigenvalue weighted by atomic mass is 10.2. The van der Waals surface area contributed by atoms with Crippen LogP contribution in [0.4, 0.5) is 0 Å². The van der Waals surface area contributed by atoms with Gasteiger partial charge in [-0.05, 0) is 31.4 Å². The van der Waals surface area contributed by atoms with E-state index in [1.165, 1.54) is 14.2 Å². The first-order valence-corrected chi connectivity index (χ1v) is 8.92. The average Bonchev–Trinajstić information content (AvgIpc) is 2.82. The highest BCUT2D eigenvalue weighted by Gasteiger charge is 2.17. The Hall–Kier alpha value is -1.95. The lowest BCUT2D eigenvalue weighted by molar-refractivity contribution is -0.130. The molecule has 1 saturated heterocycles. The van der Waals surface area contributed by atoms with E-state index in [2.05, 4.69) is 5.32 Å². The van der Waals surface area contributed by atoms with Crippen molar-refractivity contribution in [2.75, 3.05) is 33.9 Å². The molecule has 2 rings (SSSR count). The molecule has 1 aliphatic rings. The second kappa shape index (κ2) is 9.51. The Labute approximate surface area is 153 Å². The van der Waals surface area contributed by atoms with Crippen molar-refractivity contribution in [3.8, 4) is 11.5 Å². The topological polar surface area (TPSA) is 67.9 Å². The molecule has 2 amide bonds. The largest absolute Gasteiger partial charge is 0.493 e. The maximum Gasteiger partial charge on any atom is 0.251 e. The molecule has 0 atom stereocenters. The second-order valence-corrected chi connectivity index (χ2v) is 6.40. The molecule has 1 aromatic carbocycles. The maximum absolute atomic E-state index is 12.3. The van der Waals surface area contributed by atoms with Crippen LogP contribution in [0.25, 0.3) is 0 Å². The quantitative estimate of drug-likeness (QED) is 0.751. The van der Waals surface area contributed by atoms with Gasteiger partial charge in [-0.15, -0.1) is 0 Å². The van der Waals surface area contributed by atoms with Gasteiger partial charge in [0.2, 0.25) is 5.91 Å². The van der Waals surface area contributed by atoms with Gasteiger partial charge < -0.3 is 19.7 Å². The summed E-state index contributed by atoms with van der Waals surface area (Å²) in [6.45, 7) is 1.98. The molecular formula is C18H25ClN2O4. The molecule has 25 heavy (non-hydrogen) atoms. The van der Waals surface area contributed by atoms with Gasteiger partial charge in [0.05, 0.1) is 19.2 Å². The number of carbonyl (C=O) groups excluding carboxylic acids is 2. The Balaban J connectivity index is 1.86. The molecule has 1 fully saturated rings. The fourth-order valence-electron chi connectivity index (χ4n) is 2.90. The molecule has 0 unspecified atom stereocenters. The molecule has 138 valence electrons. The zero-order valence-corrected chi connectivity index (χ0v) is 15.5. The molecule has 0 aromatic heterocycles. The number of ether oxygens (including phenoxy) is 2. The summed E-state index contributed by atoms with van der Waals surface area (Å²) in [5.74, 6) is 0.802. The number of hydrogen-bond acceptors (Lipinski definition) is 4. The Morgan fingerprint density at radius 3 is 2.76 bits per heavy atom. The van der Waals surface area contributed by atoms with Gasteiger partial charge >= 0.3 is 0 Å². The number of methoxy groups -OCH3 is 2. The van der Waals surface area contributed by atoms with Crippen LogP contribution in [0, 0.1) is 0 Å². The van der Waals surface area contributed by atoms with Gasteiger partial charge in [-0.2, -0.15) is 0 Å². The summed E-state index contributed by atoms with van der Waals surface area (Å²) >= 11 is 6.12. The number of hydrogen-bond donors (Lipinski definition) is 1. The zero-order valence-electron chi connectivity index (χ0n) is 14.8. The van der Waals surface area contributed by atoms with Gasteiger partial charge in [-0.1, -0.05) is 18.0 Å². The highest BCUT2D eigenvalue weighted by molar-refractivity contribution is 6.32. The average molecular weight is 369 g/mol. The highest BCUT2D eigenvalue weighted by atomic mass is 35.5. The summed E-state index contributed by atoms with van der Waals surface area (Å²) in [7, 11) is 2.99. The third-order valence-corrected chi connectivity index (χ3v) is 4.54. The van der Waals surface area contributed by atoms with Crippen molar-refractivity contribution >= 4 is 23.4 Å². The molecule has 6 nitrogen and oxygen atoms in total. The number of nitrogens with one attached hydrogen (secondary N) is 1. The SMILES string of the molecule is COc1cc(C(=O)NCCCN2CCCCCC2=O)cc(Cl)c1OC. The summed E-state index contributed by atoms with van der Waals surface area (Å²) in [4.78, 5) is 26.1. The van der Waals surface area contributed by atoms with Crippen LogP contribution in [0.1, 0.15) is 42.5 Å². The van der Waals surface area contributed by atoms with Crippen molar-refractivity contribution in [1.29, 1.82) is 0 Å². The van der Waals surface area contributed by atoms with E-state index in [1.807, 2.05) is 4.90 Å². The van der Waals surface area contributed by atoms with Crippen LogP contribution in [0.2, 0.25) is 5.02 Å². The van der Waals surface area contributed by atoms with E-state index in [-0.39, 0.29) is 11.8 Å². The molecule has 0 radical (unpaired) electrons. The second-order valence-electron chi connectivity index (χ2n) is 5.99. The number of benzene rings is 1. The predicted molar refractivity (Wildman–Crippen MR) is 96.6 cm³/mol. The Morgan fingerprint density at radius 1 is 1.24 bits per heavy atom. The van der Waals surface area contributed by atoms with Gasteiger partial charge in [0.25, 0.3) is 5.91 Å². The minimum atomic E-state index is -0.231. The molecule has 1 N–H and O–H groups in total. The van der Waals surface area contributed by atoms with E-state index in [0.29, 0.717) is 41.6 Å². The number of nitrogens with zero attached hydrogens (tertiary/aromatic N) is 1. The lowest BCUT2D eigenvalue weighted by Crippen LogP contribution is -2.34. The Bertz CT molecular complexity index is 621. The molecule has 7 heteroatoms. The van der Waals surface area contributed by atoms with Gasteiger partial charge in [0.15, 0.2) is 11.5 Å². The predicted octanol–water partition coefficient (Wildman–Crippen LogP) is 2.88. The number of amides is 2. The summed E-state index contributed by atoms with van der Waals surface area (Å²) in [6, 6.07) is 3.15. The third-order valence-electron chi connectivity index (χ3n) is 4.26. The molecule has 1 aromatic rings. The standard InChI is InChI=1S/C18H25ClN2O4/c1-24-15-12-13(11-14(19)17(15)25-2)18(23)20-8-6-10-21-9-5-3-4-7-16(21)22/h11-12H,3-10H2,1-2H3,(H,20,23). The van der Waals surface area contributed by atoms with Gasteiger partial charge in [0.1, 0.15) is 0 Å². The first-order chi connectivity index (χ1) is 12.1. The van der Waals surface area contributed by atoms with Crippen LogP contribution in [0.3, 0.4) is 0 Å². The summed E-state index contributed by atoms with van der Waals surface area (Å²) < 4.78 is 10.4. The minimum Gasteiger partial charge on any atom is -0.493 e. The third kappa shape index (κ3) is 5.26. The van der Waals surface area contributed by atoms with Crippen LogP contribution in [0.5, 0.6) is 11.5 Å². The van der Waals surface area contributed by atoms with Crippen LogP contribution in [0.15, 0.2) is 12.1 Å². The number of halogens is 1. The van der Waals surface area contributed by atoms with E-state index < -0.39 is 0 Å². The molecular weight excluding hydrogens is 344 g/mol. The van der Waals surface area contributed by atoms with E-state index in [0.717, 1.165) is 32.2 Å². The molecule has 0 saturated carbocycles. The monoisotopic (exact) mass is 368 g/mol.